The Bertz CT molecular complexity index is 1940. The Hall–Kier alpha value is -4.27. The molecule has 2 aromatic carbocycles. The third kappa shape index (κ3) is 4.01. The number of halogens is 2. The predicted molar refractivity (Wildman–Crippen MR) is 165 cm³/mol. The maximum absolute atomic E-state index is 17.0. The highest BCUT2D eigenvalue weighted by atomic mass is 19.1. The van der Waals surface area contributed by atoms with E-state index in [-0.39, 0.29) is 63.0 Å². The van der Waals surface area contributed by atoms with E-state index >= 15 is 4.39 Å². The van der Waals surface area contributed by atoms with E-state index in [2.05, 4.69) is 31.0 Å². The summed E-state index contributed by atoms with van der Waals surface area (Å²) in [6, 6.07) is 6.09. The molecule has 5 aliphatic heterocycles. The second-order valence-corrected chi connectivity index (χ2v) is 13.1. The van der Waals surface area contributed by atoms with Crippen molar-refractivity contribution in [3.63, 3.8) is 0 Å². The van der Waals surface area contributed by atoms with E-state index in [4.69, 9.17) is 20.9 Å². The minimum absolute atomic E-state index is 0.00360. The van der Waals surface area contributed by atoms with Crippen LogP contribution in [-0.4, -0.2) is 81.5 Å². The van der Waals surface area contributed by atoms with E-state index < -0.39 is 11.6 Å². The van der Waals surface area contributed by atoms with E-state index in [0.717, 1.165) is 51.6 Å². The van der Waals surface area contributed by atoms with E-state index in [9.17, 15) is 9.50 Å². The van der Waals surface area contributed by atoms with Crippen molar-refractivity contribution in [2.75, 3.05) is 37.7 Å². The fourth-order valence-electron chi connectivity index (χ4n) is 8.57. The third-order valence-electron chi connectivity index (χ3n) is 10.7. The van der Waals surface area contributed by atoms with Gasteiger partial charge in [0.15, 0.2) is 5.82 Å². The van der Waals surface area contributed by atoms with Gasteiger partial charge in [0.05, 0.1) is 17.1 Å². The number of hydrogen-bond acceptors (Lipinski definition) is 9. The Morgan fingerprint density at radius 3 is 2.78 bits per heavy atom. The lowest BCUT2D eigenvalue weighted by Gasteiger charge is -2.40. The van der Waals surface area contributed by atoms with Crippen molar-refractivity contribution in [2.45, 2.75) is 62.2 Å². The molecule has 0 amide bonds. The summed E-state index contributed by atoms with van der Waals surface area (Å²) in [5.74, 6) is 1.62. The number of benzene rings is 2. The largest absolute Gasteiger partial charge is 0.508 e. The maximum atomic E-state index is 17.0. The average Bonchev–Trinajstić information content (AvgIpc) is 3.71. The van der Waals surface area contributed by atoms with Crippen LogP contribution in [0.5, 0.6) is 17.6 Å². The Morgan fingerprint density at radius 2 is 1.96 bits per heavy atom. The first-order chi connectivity index (χ1) is 21.9. The molecule has 5 aliphatic rings. The van der Waals surface area contributed by atoms with Gasteiger partial charge in [0.2, 0.25) is 5.88 Å². The van der Waals surface area contributed by atoms with Gasteiger partial charge in [-0.05, 0) is 75.2 Å². The number of pyridine rings is 1. The Balaban J connectivity index is 1.26. The van der Waals surface area contributed by atoms with Crippen LogP contribution in [0.25, 0.3) is 32.9 Å². The Morgan fingerprint density at radius 1 is 1.11 bits per heavy atom. The zero-order valence-corrected chi connectivity index (χ0v) is 24.7. The van der Waals surface area contributed by atoms with Crippen molar-refractivity contribution >= 4 is 27.5 Å². The molecule has 0 radical (unpaired) electrons. The van der Waals surface area contributed by atoms with Gasteiger partial charge in [-0.3, -0.25) is 4.90 Å². The van der Waals surface area contributed by atoms with Gasteiger partial charge in [0.1, 0.15) is 47.2 Å². The highest BCUT2D eigenvalue weighted by molar-refractivity contribution is 6.04. The van der Waals surface area contributed by atoms with Crippen molar-refractivity contribution in [2.24, 2.45) is 0 Å². The lowest BCUT2D eigenvalue weighted by molar-refractivity contribution is 0.108. The van der Waals surface area contributed by atoms with Crippen LogP contribution in [0.3, 0.4) is 0 Å². The average molecular weight is 611 g/mol. The van der Waals surface area contributed by atoms with Gasteiger partial charge in [-0.2, -0.15) is 9.97 Å². The van der Waals surface area contributed by atoms with Crippen LogP contribution < -0.4 is 19.7 Å². The summed E-state index contributed by atoms with van der Waals surface area (Å²) in [6.07, 6.45) is 12.1. The summed E-state index contributed by atoms with van der Waals surface area (Å²) in [5.41, 5.74) is -0.0846. The number of anilines is 1. The number of aromatic hydroxyl groups is 1. The molecule has 4 saturated heterocycles. The highest BCUT2D eigenvalue weighted by Crippen LogP contribution is 2.45. The summed E-state index contributed by atoms with van der Waals surface area (Å²) >= 11 is 0. The van der Waals surface area contributed by atoms with Gasteiger partial charge in [-0.1, -0.05) is 12.0 Å². The second kappa shape index (κ2) is 9.86. The van der Waals surface area contributed by atoms with E-state index in [1.807, 2.05) is 0 Å². The quantitative estimate of drug-likeness (QED) is 0.324. The number of piperazine rings is 1. The number of nitrogens with zero attached hydrogens (tertiary/aromatic N) is 5. The van der Waals surface area contributed by atoms with Crippen LogP contribution in [0.15, 0.2) is 24.3 Å². The van der Waals surface area contributed by atoms with Crippen molar-refractivity contribution in [1.29, 1.82) is 0 Å². The minimum Gasteiger partial charge on any atom is -0.508 e. The molecular formula is C34H32F2N6O3. The molecule has 2 N–H and O–H groups in total. The van der Waals surface area contributed by atoms with Crippen LogP contribution in [-0.2, 0) is 0 Å². The second-order valence-electron chi connectivity index (χ2n) is 13.1. The fraction of sp³-hybridized carbons (Fsp3) is 0.441. The Labute approximate surface area is 258 Å². The van der Waals surface area contributed by atoms with Crippen LogP contribution in [0.2, 0.25) is 0 Å². The summed E-state index contributed by atoms with van der Waals surface area (Å²) < 4.78 is 44.7. The zero-order valence-electron chi connectivity index (χ0n) is 24.7. The van der Waals surface area contributed by atoms with Gasteiger partial charge in [0.25, 0.3) is 0 Å². The molecule has 9 rings (SSSR count). The van der Waals surface area contributed by atoms with Crippen molar-refractivity contribution in [3.8, 4) is 41.2 Å². The smallest absolute Gasteiger partial charge is 0.319 e. The minimum atomic E-state index is -0.747. The Kier molecular flexibility index (Phi) is 5.93. The summed E-state index contributed by atoms with van der Waals surface area (Å²) in [7, 11) is 0. The number of terminal acetylenes is 1. The lowest BCUT2D eigenvalue weighted by Crippen LogP contribution is -2.60. The van der Waals surface area contributed by atoms with E-state index in [1.165, 1.54) is 24.3 Å². The number of rotatable bonds is 4. The van der Waals surface area contributed by atoms with Crippen molar-refractivity contribution in [1.82, 2.24) is 25.2 Å². The molecule has 230 valence electrons. The van der Waals surface area contributed by atoms with Crippen LogP contribution in [0.4, 0.5) is 14.6 Å². The SMILES string of the molecule is C#Cc1c(F)ccc2cc(O)cc(-c3nc4c5c(nc(OCC67CCCN6CCC7)nc5c3F)N3CC5CCC(N5)C3CO4)c12. The number of phenols is 1. The molecule has 4 fully saturated rings. The molecule has 2 bridgehead atoms. The number of phenolic OH excluding ortho intramolecular Hbond substituents is 1. The summed E-state index contributed by atoms with van der Waals surface area (Å²) in [5, 5.41) is 15.4. The lowest BCUT2D eigenvalue weighted by atomic mass is 9.95. The molecule has 2 aromatic heterocycles. The molecule has 3 atom stereocenters. The molecule has 0 aliphatic carbocycles. The monoisotopic (exact) mass is 610 g/mol. The molecule has 3 unspecified atom stereocenters. The number of fused-ring (bicyclic) bond motifs is 7. The fourth-order valence-corrected chi connectivity index (χ4v) is 8.57. The predicted octanol–water partition coefficient (Wildman–Crippen LogP) is 4.52. The molecule has 9 nitrogen and oxygen atoms in total. The first-order valence-electron chi connectivity index (χ1n) is 15.8. The van der Waals surface area contributed by atoms with Crippen LogP contribution in [0.1, 0.15) is 44.1 Å². The van der Waals surface area contributed by atoms with Gasteiger partial charge in [-0.15, -0.1) is 6.42 Å². The topological polar surface area (TPSA) is 95.9 Å². The molecule has 0 saturated carbocycles. The summed E-state index contributed by atoms with van der Waals surface area (Å²) in [4.78, 5) is 19.0. The van der Waals surface area contributed by atoms with Gasteiger partial charge < -0.3 is 24.8 Å². The van der Waals surface area contributed by atoms with Gasteiger partial charge in [-0.25, -0.2) is 13.8 Å². The third-order valence-corrected chi connectivity index (χ3v) is 10.7. The van der Waals surface area contributed by atoms with Gasteiger partial charge >= 0.3 is 6.01 Å². The first kappa shape index (κ1) is 27.1. The van der Waals surface area contributed by atoms with Crippen molar-refractivity contribution in [3.05, 3.63) is 41.5 Å². The molecule has 0 spiro atoms. The van der Waals surface area contributed by atoms with E-state index in [0.29, 0.717) is 42.4 Å². The normalized spacial score (nSPS) is 24.7. The maximum Gasteiger partial charge on any atom is 0.319 e. The van der Waals surface area contributed by atoms with Crippen LogP contribution in [0, 0.1) is 24.0 Å². The number of nitrogens with one attached hydrogen (secondary N) is 1. The number of aromatic nitrogens is 3. The highest BCUT2D eigenvalue weighted by Gasteiger charge is 2.46. The van der Waals surface area contributed by atoms with Crippen LogP contribution >= 0.6 is 0 Å². The summed E-state index contributed by atoms with van der Waals surface area (Å²) in [6.45, 7) is 3.55. The molecule has 4 aromatic rings. The number of ether oxygens (including phenoxy) is 2. The van der Waals surface area contributed by atoms with Crippen molar-refractivity contribution < 1.29 is 23.4 Å². The standard InChI is InChI=1S/C34H32F2N6O3/c1-2-21-23(35)7-5-18-13-20(43)14-22(26(18)21)29-28(36)30-27-31(40-33(39-30)45-17-34-9-3-11-41(34)12-4-10-34)42-15-19-6-8-24(37-19)25(42)16-44-32(27)38-29/h1,5,7,13-14,19,24-25,37,43H,3-4,6,8-12,15-17H2. The molecule has 11 heteroatoms. The zero-order chi connectivity index (χ0) is 30.4. The van der Waals surface area contributed by atoms with E-state index in [1.54, 1.807) is 0 Å². The number of hydrogen-bond donors (Lipinski definition) is 2. The first-order valence-corrected chi connectivity index (χ1v) is 15.8. The molecular weight excluding hydrogens is 578 g/mol. The van der Waals surface area contributed by atoms with Gasteiger partial charge in [0, 0.05) is 29.6 Å². The molecule has 7 heterocycles. The molecule has 45 heavy (non-hydrogen) atoms.